The third-order valence-electron chi connectivity index (χ3n) is 4.47. The van der Waals surface area contributed by atoms with E-state index >= 15 is 0 Å². The fourth-order valence-electron chi connectivity index (χ4n) is 3.17. The number of benzene rings is 1. The summed E-state index contributed by atoms with van der Waals surface area (Å²) in [4.78, 5) is 7.11. The van der Waals surface area contributed by atoms with Gasteiger partial charge in [-0.3, -0.25) is 0 Å². The molecule has 0 N–H and O–H groups in total. The summed E-state index contributed by atoms with van der Waals surface area (Å²) in [5.41, 5.74) is 2.11. The van der Waals surface area contributed by atoms with E-state index in [1.807, 2.05) is 12.1 Å². The van der Waals surface area contributed by atoms with Gasteiger partial charge in [0.15, 0.2) is 0 Å². The number of halogens is 1. The molecular formula is C16H22ClN3O. The molecule has 0 saturated carbocycles. The highest BCUT2D eigenvalue weighted by atomic mass is 35.5. The van der Waals surface area contributed by atoms with Gasteiger partial charge >= 0.3 is 0 Å². The van der Waals surface area contributed by atoms with Crippen molar-refractivity contribution in [2.75, 3.05) is 20.7 Å². The average molecular weight is 308 g/mol. The van der Waals surface area contributed by atoms with Crippen LogP contribution in [0.25, 0.3) is 11.0 Å². The molecule has 1 unspecified atom stereocenters. The molecule has 1 aliphatic heterocycles. The lowest BCUT2D eigenvalue weighted by Crippen LogP contribution is -2.39. The number of hydrogen-bond acceptors (Lipinski definition) is 3. The van der Waals surface area contributed by atoms with Gasteiger partial charge < -0.3 is 14.2 Å². The molecule has 1 fully saturated rings. The molecular weight excluding hydrogens is 286 g/mol. The first kappa shape index (κ1) is 14.7. The Bertz CT molecular complexity index is 625. The highest BCUT2D eigenvalue weighted by Gasteiger charge is 2.21. The number of piperidine rings is 1. The van der Waals surface area contributed by atoms with Gasteiger partial charge in [-0.15, -0.1) is 11.6 Å². The average Bonchev–Trinajstić information content (AvgIpc) is 2.86. The first-order valence-electron chi connectivity index (χ1n) is 7.52. The third kappa shape index (κ3) is 2.87. The van der Waals surface area contributed by atoms with Crippen molar-refractivity contribution in [2.24, 2.45) is 0 Å². The molecule has 2 heterocycles. The van der Waals surface area contributed by atoms with Crippen molar-refractivity contribution in [2.45, 2.75) is 37.7 Å². The van der Waals surface area contributed by atoms with Gasteiger partial charge in [-0.1, -0.05) is 6.42 Å². The number of alkyl halides is 1. The van der Waals surface area contributed by atoms with E-state index in [9.17, 15) is 0 Å². The molecule has 21 heavy (non-hydrogen) atoms. The smallest absolute Gasteiger partial charge is 0.124 e. The van der Waals surface area contributed by atoms with Crippen LogP contribution in [0, 0.1) is 0 Å². The first-order chi connectivity index (χ1) is 10.2. The zero-order chi connectivity index (χ0) is 14.8. The van der Waals surface area contributed by atoms with E-state index in [1.165, 1.54) is 25.8 Å². The molecule has 3 rings (SSSR count). The van der Waals surface area contributed by atoms with Gasteiger partial charge in [0.05, 0.1) is 24.0 Å². The summed E-state index contributed by atoms with van der Waals surface area (Å²) < 4.78 is 7.61. The third-order valence-corrected chi connectivity index (χ3v) is 4.71. The fraction of sp³-hybridized carbons (Fsp3) is 0.562. The summed E-state index contributed by atoms with van der Waals surface area (Å²) in [6.07, 6.45) is 3.84. The quantitative estimate of drug-likeness (QED) is 0.812. The maximum atomic E-state index is 6.10. The van der Waals surface area contributed by atoms with E-state index in [0.717, 1.165) is 29.2 Å². The van der Waals surface area contributed by atoms with Gasteiger partial charge in [0.2, 0.25) is 0 Å². The van der Waals surface area contributed by atoms with Gasteiger partial charge in [-0.2, -0.15) is 0 Å². The molecule has 2 aromatic rings. The molecule has 0 amide bonds. The highest BCUT2D eigenvalue weighted by Crippen LogP contribution is 2.25. The number of methoxy groups -OCH3 is 1. The number of likely N-dealkylation sites (tertiary alicyclic amines) is 1. The number of fused-ring (bicyclic) bond motifs is 1. The lowest BCUT2D eigenvalue weighted by atomic mass is 10.0. The van der Waals surface area contributed by atoms with Crippen molar-refractivity contribution in [1.82, 2.24) is 14.5 Å². The highest BCUT2D eigenvalue weighted by molar-refractivity contribution is 6.16. The molecule has 0 bridgehead atoms. The Morgan fingerprint density at radius 2 is 2.24 bits per heavy atom. The molecule has 0 aliphatic carbocycles. The summed E-state index contributed by atoms with van der Waals surface area (Å²) in [7, 11) is 3.91. The van der Waals surface area contributed by atoms with Crippen LogP contribution in [-0.2, 0) is 12.4 Å². The van der Waals surface area contributed by atoms with Crippen LogP contribution in [0.4, 0.5) is 0 Å². The molecule has 0 spiro atoms. The Morgan fingerprint density at radius 1 is 1.38 bits per heavy atom. The van der Waals surface area contributed by atoms with Crippen LogP contribution in [0.1, 0.15) is 25.1 Å². The van der Waals surface area contributed by atoms with E-state index < -0.39 is 0 Å². The summed E-state index contributed by atoms with van der Waals surface area (Å²) in [5.74, 6) is 2.24. The van der Waals surface area contributed by atoms with Crippen LogP contribution in [-0.4, -0.2) is 41.2 Å². The summed E-state index contributed by atoms with van der Waals surface area (Å²) in [6, 6.07) is 6.57. The largest absolute Gasteiger partial charge is 0.497 e. The number of ether oxygens (including phenoxy) is 1. The van der Waals surface area contributed by atoms with Crippen molar-refractivity contribution in [1.29, 1.82) is 0 Å². The predicted molar refractivity (Wildman–Crippen MR) is 86.1 cm³/mol. The molecule has 114 valence electrons. The number of likely N-dealkylation sites (N-methyl/N-ethyl adjacent to an activating group) is 1. The Labute approximate surface area is 130 Å². The minimum absolute atomic E-state index is 0.438. The molecule has 1 saturated heterocycles. The number of nitrogens with zero attached hydrogens (tertiary/aromatic N) is 3. The second-order valence-electron chi connectivity index (χ2n) is 5.76. The number of rotatable bonds is 4. The zero-order valence-corrected chi connectivity index (χ0v) is 13.4. The number of imidazole rings is 1. The van der Waals surface area contributed by atoms with Crippen LogP contribution in [0.15, 0.2) is 18.2 Å². The van der Waals surface area contributed by atoms with Crippen molar-refractivity contribution < 1.29 is 4.74 Å². The maximum Gasteiger partial charge on any atom is 0.124 e. The minimum Gasteiger partial charge on any atom is -0.497 e. The van der Waals surface area contributed by atoms with Crippen LogP contribution in [0.5, 0.6) is 5.75 Å². The minimum atomic E-state index is 0.438. The second kappa shape index (κ2) is 6.24. The fourth-order valence-corrected chi connectivity index (χ4v) is 3.37. The monoisotopic (exact) mass is 307 g/mol. The predicted octanol–water partition coefficient (Wildman–Crippen LogP) is 3.27. The number of aromatic nitrogens is 2. The zero-order valence-electron chi connectivity index (χ0n) is 12.7. The first-order valence-corrected chi connectivity index (χ1v) is 8.05. The van der Waals surface area contributed by atoms with Gasteiger partial charge in [-0.25, -0.2) is 4.98 Å². The van der Waals surface area contributed by atoms with Gasteiger partial charge in [0, 0.05) is 18.7 Å². The van der Waals surface area contributed by atoms with E-state index in [-0.39, 0.29) is 0 Å². The molecule has 1 aromatic carbocycles. The molecule has 4 nitrogen and oxygen atoms in total. The van der Waals surface area contributed by atoms with E-state index in [4.69, 9.17) is 16.3 Å². The van der Waals surface area contributed by atoms with E-state index in [1.54, 1.807) is 7.11 Å². The lowest BCUT2D eigenvalue weighted by molar-refractivity contribution is 0.168. The van der Waals surface area contributed by atoms with Gasteiger partial charge in [0.1, 0.15) is 11.6 Å². The Kier molecular flexibility index (Phi) is 4.36. The Morgan fingerprint density at radius 3 is 2.95 bits per heavy atom. The van der Waals surface area contributed by atoms with Crippen molar-refractivity contribution in [3.05, 3.63) is 24.0 Å². The number of hydrogen-bond donors (Lipinski definition) is 0. The van der Waals surface area contributed by atoms with Crippen LogP contribution in [0.2, 0.25) is 0 Å². The Hall–Kier alpha value is -1.26. The topological polar surface area (TPSA) is 30.3 Å². The lowest BCUT2D eigenvalue weighted by Gasteiger charge is -2.33. The van der Waals surface area contributed by atoms with Crippen molar-refractivity contribution >= 4 is 22.6 Å². The van der Waals surface area contributed by atoms with Gasteiger partial charge in [0.25, 0.3) is 0 Å². The standard InChI is InChI=1S/C16H22ClN3O/c1-19-8-4-3-5-12(19)11-20-15-9-13(21-2)6-7-14(15)18-16(20)10-17/h6-7,9,12H,3-5,8,10-11H2,1-2H3. The second-order valence-corrected chi connectivity index (χ2v) is 6.02. The van der Waals surface area contributed by atoms with Crippen molar-refractivity contribution in [3.63, 3.8) is 0 Å². The van der Waals surface area contributed by atoms with E-state index in [2.05, 4.69) is 27.6 Å². The van der Waals surface area contributed by atoms with Crippen LogP contribution >= 0.6 is 11.6 Å². The molecule has 1 aliphatic rings. The van der Waals surface area contributed by atoms with Crippen molar-refractivity contribution in [3.8, 4) is 5.75 Å². The summed E-state index contributed by atoms with van der Waals surface area (Å²) in [5, 5.41) is 0. The SMILES string of the molecule is COc1ccc2nc(CCl)n(CC3CCCCN3C)c2c1. The summed E-state index contributed by atoms with van der Waals surface area (Å²) >= 11 is 6.10. The maximum absolute atomic E-state index is 6.10. The van der Waals surface area contributed by atoms with Crippen LogP contribution in [0.3, 0.4) is 0 Å². The van der Waals surface area contributed by atoms with Gasteiger partial charge in [-0.05, 0) is 38.6 Å². The molecule has 5 heteroatoms. The van der Waals surface area contributed by atoms with Crippen LogP contribution < -0.4 is 4.74 Å². The normalized spacial score (nSPS) is 20.0. The molecule has 0 radical (unpaired) electrons. The summed E-state index contributed by atoms with van der Waals surface area (Å²) in [6.45, 7) is 2.12. The molecule has 1 aromatic heterocycles. The Balaban J connectivity index is 1.98. The molecule has 1 atom stereocenters. The van der Waals surface area contributed by atoms with E-state index in [0.29, 0.717) is 11.9 Å².